The number of ketones is 1. The summed E-state index contributed by atoms with van der Waals surface area (Å²) in [5.41, 5.74) is 7.36. The van der Waals surface area contributed by atoms with Crippen LogP contribution in [0, 0.1) is 0 Å². The van der Waals surface area contributed by atoms with Crippen molar-refractivity contribution >= 4 is 22.4 Å². The fourth-order valence-corrected chi connectivity index (χ4v) is 3.30. The Labute approximate surface area is 129 Å². The Morgan fingerprint density at radius 3 is 2.82 bits per heavy atom. The number of aromatic nitrogens is 1. The molecule has 1 unspecified atom stereocenters. The van der Waals surface area contributed by atoms with Crippen LogP contribution < -0.4 is 5.32 Å². The third-order valence-electron chi connectivity index (χ3n) is 4.54. The summed E-state index contributed by atoms with van der Waals surface area (Å²) in [5.74, 6) is 0.143. The molecule has 22 heavy (non-hydrogen) atoms. The van der Waals surface area contributed by atoms with Crippen LogP contribution in [0.5, 0.6) is 0 Å². The molecule has 1 heterocycles. The van der Waals surface area contributed by atoms with Gasteiger partial charge >= 0.3 is 0 Å². The number of carbonyl (C=O) groups is 1. The molecule has 110 valence electrons. The third kappa shape index (κ3) is 1.86. The lowest BCUT2D eigenvalue weighted by Gasteiger charge is -2.14. The van der Waals surface area contributed by atoms with E-state index in [9.17, 15) is 4.79 Å². The van der Waals surface area contributed by atoms with Crippen molar-refractivity contribution in [2.75, 3.05) is 5.32 Å². The molecule has 0 saturated carbocycles. The average Bonchev–Trinajstić information content (AvgIpc) is 3.02. The van der Waals surface area contributed by atoms with Gasteiger partial charge in [0.25, 0.3) is 0 Å². The van der Waals surface area contributed by atoms with Gasteiger partial charge in [-0.1, -0.05) is 30.3 Å². The number of Topliss-reactive ketones (excluding diaryl/α,β-unsaturated/α-hetero) is 1. The minimum absolute atomic E-state index is 0.143. The molecule has 1 atom stereocenters. The molecule has 2 aromatic carbocycles. The van der Waals surface area contributed by atoms with Gasteiger partial charge in [0.05, 0.1) is 6.04 Å². The fraction of sp³-hybridized carbons (Fsp3) is 0.211. The number of rotatable bonds is 3. The molecule has 0 saturated heterocycles. The van der Waals surface area contributed by atoms with E-state index in [-0.39, 0.29) is 11.8 Å². The Morgan fingerprint density at radius 2 is 2.00 bits per heavy atom. The highest BCUT2D eigenvalue weighted by atomic mass is 16.1. The van der Waals surface area contributed by atoms with E-state index in [1.54, 1.807) is 6.92 Å². The standard InChI is InChI=1S/C19H18N2O/c1-11(12(2)22)20-15-8-5-9-16-19(15)18-14-7-4-3-6-13(14)10-17(18)21-16/h3-9,11,20-21H,10H2,1-2H3. The average molecular weight is 290 g/mol. The van der Waals surface area contributed by atoms with Gasteiger partial charge in [0.15, 0.2) is 5.78 Å². The molecule has 3 aromatic rings. The van der Waals surface area contributed by atoms with E-state index in [1.165, 1.54) is 27.8 Å². The Morgan fingerprint density at radius 1 is 1.18 bits per heavy atom. The second kappa shape index (κ2) is 4.73. The van der Waals surface area contributed by atoms with Gasteiger partial charge in [0.1, 0.15) is 0 Å². The summed E-state index contributed by atoms with van der Waals surface area (Å²) in [7, 11) is 0. The number of benzene rings is 2. The minimum Gasteiger partial charge on any atom is -0.375 e. The molecule has 1 aromatic heterocycles. The summed E-state index contributed by atoms with van der Waals surface area (Å²) in [6.07, 6.45) is 0.946. The molecule has 0 aliphatic heterocycles. The Hall–Kier alpha value is -2.55. The van der Waals surface area contributed by atoms with Crippen LogP contribution in [-0.4, -0.2) is 16.8 Å². The van der Waals surface area contributed by atoms with Crippen molar-refractivity contribution in [3.05, 3.63) is 53.7 Å². The van der Waals surface area contributed by atoms with E-state index in [4.69, 9.17) is 0 Å². The zero-order valence-corrected chi connectivity index (χ0v) is 12.7. The highest BCUT2D eigenvalue weighted by Gasteiger charge is 2.24. The van der Waals surface area contributed by atoms with Gasteiger partial charge < -0.3 is 10.3 Å². The van der Waals surface area contributed by atoms with Crippen LogP contribution in [0.1, 0.15) is 25.1 Å². The van der Waals surface area contributed by atoms with Gasteiger partial charge in [-0.2, -0.15) is 0 Å². The van der Waals surface area contributed by atoms with E-state index in [2.05, 4.69) is 46.7 Å². The Kier molecular flexibility index (Phi) is 2.83. The third-order valence-corrected chi connectivity index (χ3v) is 4.54. The van der Waals surface area contributed by atoms with Crippen LogP contribution in [0.25, 0.3) is 22.0 Å². The number of hydrogen-bond acceptors (Lipinski definition) is 2. The smallest absolute Gasteiger partial charge is 0.151 e. The molecule has 0 radical (unpaired) electrons. The van der Waals surface area contributed by atoms with Crippen molar-refractivity contribution in [3.63, 3.8) is 0 Å². The fourth-order valence-electron chi connectivity index (χ4n) is 3.30. The molecule has 1 aliphatic rings. The van der Waals surface area contributed by atoms with Gasteiger partial charge in [0, 0.05) is 34.3 Å². The molecular formula is C19H18N2O. The molecular weight excluding hydrogens is 272 g/mol. The van der Waals surface area contributed by atoms with Crippen molar-refractivity contribution in [3.8, 4) is 11.1 Å². The van der Waals surface area contributed by atoms with Gasteiger partial charge in [0.2, 0.25) is 0 Å². The zero-order valence-electron chi connectivity index (χ0n) is 12.7. The van der Waals surface area contributed by atoms with Gasteiger partial charge in [-0.15, -0.1) is 0 Å². The topological polar surface area (TPSA) is 44.9 Å². The maximum Gasteiger partial charge on any atom is 0.151 e. The van der Waals surface area contributed by atoms with E-state index in [1.807, 2.05) is 13.0 Å². The molecule has 1 aliphatic carbocycles. The largest absolute Gasteiger partial charge is 0.375 e. The lowest BCUT2D eigenvalue weighted by Crippen LogP contribution is -2.23. The number of nitrogens with one attached hydrogen (secondary N) is 2. The van der Waals surface area contributed by atoms with Crippen LogP contribution in [0.3, 0.4) is 0 Å². The van der Waals surface area contributed by atoms with Crippen LogP contribution in [0.15, 0.2) is 42.5 Å². The summed E-state index contributed by atoms with van der Waals surface area (Å²) in [4.78, 5) is 15.1. The van der Waals surface area contributed by atoms with Crippen LogP contribution in [0.4, 0.5) is 5.69 Å². The Balaban J connectivity index is 1.93. The van der Waals surface area contributed by atoms with Crippen molar-refractivity contribution in [1.29, 1.82) is 0 Å². The number of aromatic amines is 1. The number of hydrogen-bond donors (Lipinski definition) is 2. The molecule has 0 bridgehead atoms. The van der Waals surface area contributed by atoms with Crippen LogP contribution in [0.2, 0.25) is 0 Å². The van der Waals surface area contributed by atoms with Crippen molar-refractivity contribution in [2.45, 2.75) is 26.3 Å². The van der Waals surface area contributed by atoms with E-state index in [0.29, 0.717) is 0 Å². The number of carbonyl (C=O) groups excluding carboxylic acids is 1. The second-order valence-electron chi connectivity index (χ2n) is 6.02. The normalized spacial score (nSPS) is 13.7. The lowest BCUT2D eigenvalue weighted by atomic mass is 10.0. The first-order valence-electron chi connectivity index (χ1n) is 7.64. The first-order chi connectivity index (χ1) is 10.6. The summed E-state index contributed by atoms with van der Waals surface area (Å²) in [6.45, 7) is 3.52. The first-order valence-corrected chi connectivity index (χ1v) is 7.64. The van der Waals surface area contributed by atoms with Gasteiger partial charge in [-0.3, -0.25) is 4.79 Å². The molecule has 3 nitrogen and oxygen atoms in total. The van der Waals surface area contributed by atoms with Crippen LogP contribution >= 0.6 is 0 Å². The van der Waals surface area contributed by atoms with Gasteiger partial charge in [-0.25, -0.2) is 0 Å². The number of H-pyrrole nitrogens is 1. The second-order valence-corrected chi connectivity index (χ2v) is 6.02. The van der Waals surface area contributed by atoms with E-state index in [0.717, 1.165) is 17.6 Å². The summed E-state index contributed by atoms with van der Waals surface area (Å²) in [6, 6.07) is 14.5. The monoisotopic (exact) mass is 290 g/mol. The number of fused-ring (bicyclic) bond motifs is 5. The molecule has 0 amide bonds. The zero-order chi connectivity index (χ0) is 15.3. The van der Waals surface area contributed by atoms with Crippen molar-refractivity contribution in [1.82, 2.24) is 4.98 Å². The first kappa shape index (κ1) is 13.1. The maximum absolute atomic E-state index is 11.6. The van der Waals surface area contributed by atoms with Crippen molar-refractivity contribution < 1.29 is 4.79 Å². The predicted octanol–water partition coefficient (Wildman–Crippen LogP) is 4.13. The summed E-state index contributed by atoms with van der Waals surface area (Å²) in [5, 5.41) is 4.55. The highest BCUT2D eigenvalue weighted by molar-refractivity contribution is 6.08. The predicted molar refractivity (Wildman–Crippen MR) is 90.3 cm³/mol. The van der Waals surface area contributed by atoms with Crippen molar-refractivity contribution in [2.24, 2.45) is 0 Å². The van der Waals surface area contributed by atoms with E-state index < -0.39 is 0 Å². The summed E-state index contributed by atoms with van der Waals surface area (Å²) >= 11 is 0. The molecule has 4 rings (SSSR count). The van der Waals surface area contributed by atoms with Gasteiger partial charge in [-0.05, 0) is 37.1 Å². The van der Waals surface area contributed by atoms with Crippen LogP contribution in [-0.2, 0) is 11.2 Å². The highest BCUT2D eigenvalue weighted by Crippen LogP contribution is 2.44. The SMILES string of the molecule is CC(=O)C(C)Nc1cccc2[nH]c3c(c12)-c1ccccc1C3. The molecule has 3 heteroatoms. The maximum atomic E-state index is 11.6. The number of anilines is 1. The molecule has 0 spiro atoms. The lowest BCUT2D eigenvalue weighted by molar-refractivity contribution is -0.117. The quantitative estimate of drug-likeness (QED) is 0.596. The minimum atomic E-state index is -0.187. The summed E-state index contributed by atoms with van der Waals surface area (Å²) < 4.78 is 0. The Bertz CT molecular complexity index is 892. The van der Waals surface area contributed by atoms with E-state index >= 15 is 0 Å². The molecule has 2 N–H and O–H groups in total. The molecule has 0 fully saturated rings.